The third-order valence-corrected chi connectivity index (χ3v) is 12.9. The van der Waals surface area contributed by atoms with Crippen molar-refractivity contribution in [2.45, 2.75) is 12.8 Å². The van der Waals surface area contributed by atoms with E-state index < -0.39 is 0 Å². The van der Waals surface area contributed by atoms with Crippen molar-refractivity contribution in [3.05, 3.63) is 218 Å². The lowest BCUT2D eigenvalue weighted by Gasteiger charge is -2.29. The van der Waals surface area contributed by atoms with E-state index in [1.165, 1.54) is 54.7 Å². The summed E-state index contributed by atoms with van der Waals surface area (Å²) in [5.74, 6) is 0. The highest BCUT2D eigenvalue weighted by atomic mass is 16.3. The average Bonchev–Trinajstić information content (AvgIpc) is 3.99. The Hall–Kier alpha value is -8.08. The molecule has 3 heterocycles. The maximum absolute atomic E-state index is 6.87. The van der Waals surface area contributed by atoms with Crippen LogP contribution in [0.4, 0.5) is 17.1 Å². The standard InChI is InChI=1S/C58H39N3O/c1-2-17-39-35-57-51(34-38(39)16-1)50-28-15-27-49(58(50)62-57)48-26-7-8-29-52(48)59(40-18-13-20-42(36-40)60-53-30-9-3-22-44(53)45-23-4-10-31-54(45)60)41-19-14-21-43(37-41)61-55-32-11-5-24-46(55)47-25-6-12-33-56(47)61/h1-11,13-32,34-37H,12,33H2. The van der Waals surface area contributed by atoms with Crippen LogP contribution in [0.5, 0.6) is 0 Å². The topological polar surface area (TPSA) is 26.2 Å². The number of para-hydroxylation sites is 5. The first kappa shape index (κ1) is 34.8. The fraction of sp³-hybridized carbons (Fsp3) is 0.0345. The molecule has 0 aliphatic heterocycles. The van der Waals surface area contributed by atoms with Crippen molar-refractivity contribution in [2.75, 3.05) is 4.90 Å². The summed E-state index contributed by atoms with van der Waals surface area (Å²) in [7, 11) is 0. The van der Waals surface area contributed by atoms with E-state index >= 15 is 0 Å². The fourth-order valence-electron chi connectivity index (χ4n) is 10.2. The van der Waals surface area contributed by atoms with Crippen molar-refractivity contribution in [2.24, 2.45) is 0 Å². The molecule has 0 saturated heterocycles. The SMILES string of the molecule is C1=Cc2c(n(-c3cccc(N(c4cccc(-n5c6ccccc6c6ccccc65)c4)c4ccccc4-c4cccc5c4oc4cc6ccccc6cc45)c3)c3ccccc23)CC1. The van der Waals surface area contributed by atoms with E-state index in [1.54, 1.807) is 0 Å². The zero-order valence-corrected chi connectivity index (χ0v) is 33.9. The fourth-order valence-corrected chi connectivity index (χ4v) is 10.2. The number of allylic oxidation sites excluding steroid dienone is 1. The summed E-state index contributed by atoms with van der Waals surface area (Å²) >= 11 is 0. The number of aromatic nitrogens is 2. The Morgan fingerprint density at radius 1 is 0.435 bits per heavy atom. The minimum absolute atomic E-state index is 0.886. The molecular formula is C58H39N3O. The summed E-state index contributed by atoms with van der Waals surface area (Å²) in [6.45, 7) is 0. The highest BCUT2D eigenvalue weighted by molar-refractivity contribution is 6.14. The van der Waals surface area contributed by atoms with Gasteiger partial charge in [0, 0.05) is 72.1 Å². The average molecular weight is 794 g/mol. The molecule has 0 radical (unpaired) electrons. The third-order valence-electron chi connectivity index (χ3n) is 12.9. The predicted octanol–water partition coefficient (Wildman–Crippen LogP) is 15.9. The van der Waals surface area contributed by atoms with Crippen LogP contribution in [0.25, 0.3) is 94.0 Å². The molecule has 4 nitrogen and oxygen atoms in total. The van der Waals surface area contributed by atoms with Crippen LogP contribution in [0.3, 0.4) is 0 Å². The second-order valence-electron chi connectivity index (χ2n) is 16.4. The summed E-state index contributed by atoms with van der Waals surface area (Å²) in [5, 5.41) is 8.38. The van der Waals surface area contributed by atoms with Crippen LogP contribution in [0.2, 0.25) is 0 Å². The van der Waals surface area contributed by atoms with Gasteiger partial charge < -0.3 is 18.5 Å². The molecule has 62 heavy (non-hydrogen) atoms. The number of fused-ring (bicyclic) bond motifs is 10. The van der Waals surface area contributed by atoms with Gasteiger partial charge in [-0.25, -0.2) is 0 Å². The summed E-state index contributed by atoms with van der Waals surface area (Å²) in [4.78, 5) is 2.43. The van der Waals surface area contributed by atoms with Crippen LogP contribution in [0.15, 0.2) is 211 Å². The van der Waals surface area contributed by atoms with Crippen LogP contribution in [-0.2, 0) is 6.42 Å². The van der Waals surface area contributed by atoms with Gasteiger partial charge in [0.05, 0.1) is 22.2 Å². The van der Waals surface area contributed by atoms with E-state index in [9.17, 15) is 0 Å². The Balaban J connectivity index is 1.06. The molecule has 0 N–H and O–H groups in total. The van der Waals surface area contributed by atoms with E-state index in [1.807, 2.05) is 0 Å². The Morgan fingerprint density at radius 3 is 1.74 bits per heavy atom. The number of benzene rings is 9. The van der Waals surface area contributed by atoms with Gasteiger partial charge in [0.25, 0.3) is 0 Å². The highest BCUT2D eigenvalue weighted by Gasteiger charge is 2.24. The second kappa shape index (κ2) is 13.7. The van der Waals surface area contributed by atoms with Crippen molar-refractivity contribution in [3.8, 4) is 22.5 Å². The molecule has 12 aromatic rings. The molecule has 13 rings (SSSR count). The van der Waals surface area contributed by atoms with Gasteiger partial charge in [0.1, 0.15) is 11.2 Å². The molecule has 0 spiro atoms. The first-order valence-corrected chi connectivity index (χ1v) is 21.5. The van der Waals surface area contributed by atoms with E-state index in [2.05, 4.69) is 226 Å². The van der Waals surface area contributed by atoms with Gasteiger partial charge in [-0.15, -0.1) is 0 Å². The van der Waals surface area contributed by atoms with Crippen LogP contribution in [-0.4, -0.2) is 9.13 Å². The quantitative estimate of drug-likeness (QED) is 0.168. The molecule has 3 aromatic heterocycles. The van der Waals surface area contributed by atoms with Gasteiger partial charge in [0.15, 0.2) is 0 Å². The third kappa shape index (κ3) is 5.26. The first-order chi connectivity index (χ1) is 30.8. The molecule has 0 fully saturated rings. The lowest BCUT2D eigenvalue weighted by molar-refractivity contribution is 0.670. The van der Waals surface area contributed by atoms with Crippen molar-refractivity contribution < 1.29 is 4.42 Å². The lowest BCUT2D eigenvalue weighted by Crippen LogP contribution is -2.13. The number of hydrogen-bond donors (Lipinski definition) is 0. The Morgan fingerprint density at radius 2 is 1.00 bits per heavy atom. The maximum atomic E-state index is 6.87. The summed E-state index contributed by atoms with van der Waals surface area (Å²) < 4.78 is 11.8. The minimum Gasteiger partial charge on any atom is -0.455 e. The van der Waals surface area contributed by atoms with Gasteiger partial charge in [-0.1, -0.05) is 140 Å². The number of anilines is 3. The van der Waals surface area contributed by atoms with Gasteiger partial charge in [-0.05, 0) is 96.4 Å². The zero-order valence-electron chi connectivity index (χ0n) is 33.9. The van der Waals surface area contributed by atoms with E-state index in [0.717, 1.165) is 74.3 Å². The summed E-state index contributed by atoms with van der Waals surface area (Å²) in [6.07, 6.45) is 6.64. The molecule has 9 aromatic carbocycles. The molecule has 0 unspecified atom stereocenters. The van der Waals surface area contributed by atoms with E-state index in [4.69, 9.17) is 4.42 Å². The van der Waals surface area contributed by atoms with Crippen LogP contribution < -0.4 is 4.90 Å². The molecule has 4 heteroatoms. The molecule has 0 atom stereocenters. The highest BCUT2D eigenvalue weighted by Crippen LogP contribution is 2.46. The molecule has 292 valence electrons. The summed E-state index contributed by atoms with van der Waals surface area (Å²) in [6, 6.07) is 72.7. The van der Waals surface area contributed by atoms with Crippen LogP contribution in [0.1, 0.15) is 17.7 Å². The smallest absolute Gasteiger partial charge is 0.143 e. The molecule has 0 amide bonds. The zero-order chi connectivity index (χ0) is 40.7. The van der Waals surface area contributed by atoms with Gasteiger partial charge in [0.2, 0.25) is 0 Å². The number of hydrogen-bond acceptors (Lipinski definition) is 2. The Labute approximate surface area is 358 Å². The monoisotopic (exact) mass is 793 g/mol. The summed E-state index contributed by atoms with van der Waals surface area (Å²) in [5.41, 5.74) is 15.6. The van der Waals surface area contributed by atoms with E-state index in [-0.39, 0.29) is 0 Å². The van der Waals surface area contributed by atoms with Crippen molar-refractivity contribution >= 4 is 88.6 Å². The molecule has 0 saturated carbocycles. The predicted molar refractivity (Wildman–Crippen MR) is 260 cm³/mol. The van der Waals surface area contributed by atoms with Crippen molar-refractivity contribution in [3.63, 3.8) is 0 Å². The normalized spacial score (nSPS) is 12.6. The Kier molecular flexibility index (Phi) is 7.70. The number of furan rings is 1. The molecular weight excluding hydrogens is 755 g/mol. The lowest BCUT2D eigenvalue weighted by atomic mass is 9.98. The van der Waals surface area contributed by atoms with Crippen LogP contribution in [0, 0.1) is 0 Å². The second-order valence-corrected chi connectivity index (χ2v) is 16.4. The maximum Gasteiger partial charge on any atom is 0.143 e. The van der Waals surface area contributed by atoms with Gasteiger partial charge in [-0.3, -0.25) is 0 Å². The van der Waals surface area contributed by atoms with Crippen LogP contribution >= 0.6 is 0 Å². The van der Waals surface area contributed by atoms with Crippen molar-refractivity contribution in [1.82, 2.24) is 9.13 Å². The number of nitrogens with zero attached hydrogens (tertiary/aromatic N) is 3. The first-order valence-electron chi connectivity index (χ1n) is 21.5. The molecule has 1 aliphatic carbocycles. The molecule has 1 aliphatic rings. The van der Waals surface area contributed by atoms with Gasteiger partial charge >= 0.3 is 0 Å². The van der Waals surface area contributed by atoms with Gasteiger partial charge in [-0.2, -0.15) is 0 Å². The minimum atomic E-state index is 0.886. The van der Waals surface area contributed by atoms with E-state index in [0.29, 0.717) is 0 Å². The Bertz CT molecular complexity index is 3730. The number of rotatable bonds is 6. The molecule has 0 bridgehead atoms. The largest absolute Gasteiger partial charge is 0.455 e. The van der Waals surface area contributed by atoms with Crippen molar-refractivity contribution in [1.29, 1.82) is 0 Å².